The van der Waals surface area contributed by atoms with Gasteiger partial charge in [0.1, 0.15) is 18.1 Å². The van der Waals surface area contributed by atoms with Crippen LogP contribution in [0.1, 0.15) is 58.1 Å². The molecule has 0 fully saturated rings. The molecule has 2 aromatic rings. The highest BCUT2D eigenvalue weighted by atomic mass is 16.5. The number of Topliss-reactive ketones (excluding diaryl/α,β-unsaturated/α-hetero) is 1. The van der Waals surface area contributed by atoms with Crippen molar-refractivity contribution in [2.75, 3.05) is 13.2 Å². The van der Waals surface area contributed by atoms with E-state index in [4.69, 9.17) is 9.15 Å². The summed E-state index contributed by atoms with van der Waals surface area (Å²) in [4.78, 5) is 27.1. The van der Waals surface area contributed by atoms with E-state index in [1.54, 1.807) is 6.26 Å². The van der Waals surface area contributed by atoms with Crippen molar-refractivity contribution in [1.29, 1.82) is 0 Å². The van der Waals surface area contributed by atoms with Crippen LogP contribution < -0.4 is 5.32 Å². The largest absolute Gasteiger partial charge is 0.467 e. The Morgan fingerprint density at radius 2 is 2.17 bits per heavy atom. The van der Waals surface area contributed by atoms with Gasteiger partial charge in [-0.1, -0.05) is 6.92 Å². The number of ketones is 1. The van der Waals surface area contributed by atoms with Crippen LogP contribution in [0, 0.1) is 6.92 Å². The molecule has 0 bridgehead atoms. The summed E-state index contributed by atoms with van der Waals surface area (Å²) in [7, 11) is 0. The first-order chi connectivity index (χ1) is 11.5. The lowest BCUT2D eigenvalue weighted by Gasteiger charge is -2.06. The Morgan fingerprint density at radius 3 is 2.79 bits per heavy atom. The van der Waals surface area contributed by atoms with E-state index in [0.29, 0.717) is 43.9 Å². The number of rotatable bonds is 9. The second-order valence-corrected chi connectivity index (χ2v) is 5.63. The highest BCUT2D eigenvalue weighted by molar-refractivity contribution is 6.02. The van der Waals surface area contributed by atoms with Gasteiger partial charge >= 0.3 is 0 Å². The first-order valence-electron chi connectivity index (χ1n) is 8.15. The van der Waals surface area contributed by atoms with E-state index < -0.39 is 0 Å². The summed E-state index contributed by atoms with van der Waals surface area (Å²) < 4.78 is 10.6. The summed E-state index contributed by atoms with van der Waals surface area (Å²) >= 11 is 0. The van der Waals surface area contributed by atoms with Gasteiger partial charge in [-0.25, -0.2) is 0 Å². The molecular formula is C18H24N2O4. The van der Waals surface area contributed by atoms with Crippen molar-refractivity contribution >= 4 is 11.7 Å². The quantitative estimate of drug-likeness (QED) is 0.546. The molecule has 0 atom stereocenters. The first kappa shape index (κ1) is 18.0. The molecular weight excluding hydrogens is 308 g/mol. The van der Waals surface area contributed by atoms with Crippen molar-refractivity contribution in [1.82, 2.24) is 10.3 Å². The molecule has 0 saturated heterocycles. The number of carbonyl (C=O) groups excluding carboxylic acids is 2. The Bertz CT molecular complexity index is 686. The van der Waals surface area contributed by atoms with Crippen LogP contribution in [0.4, 0.5) is 0 Å². The number of hydrogen-bond donors (Lipinski definition) is 2. The number of nitrogens with one attached hydrogen (secondary N) is 2. The Balaban J connectivity index is 1.80. The number of carbonyl (C=O) groups is 2. The molecule has 1 amide bonds. The minimum absolute atomic E-state index is 0.0222. The maximum absolute atomic E-state index is 12.3. The van der Waals surface area contributed by atoms with E-state index in [0.717, 1.165) is 17.0 Å². The lowest BCUT2D eigenvalue weighted by molar-refractivity contribution is 0.0912. The maximum atomic E-state index is 12.3. The zero-order valence-corrected chi connectivity index (χ0v) is 14.4. The Labute approximate surface area is 141 Å². The van der Waals surface area contributed by atoms with Gasteiger partial charge in [0, 0.05) is 24.4 Å². The molecule has 0 saturated carbocycles. The molecule has 2 N–H and O–H groups in total. The second kappa shape index (κ2) is 8.49. The van der Waals surface area contributed by atoms with Crippen LogP contribution >= 0.6 is 0 Å². The lowest BCUT2D eigenvalue weighted by Crippen LogP contribution is -2.26. The molecule has 2 aromatic heterocycles. The zero-order chi connectivity index (χ0) is 17.5. The van der Waals surface area contributed by atoms with Gasteiger partial charge < -0.3 is 19.5 Å². The molecule has 0 aromatic carbocycles. The number of hydrogen-bond acceptors (Lipinski definition) is 4. The third-order valence-corrected chi connectivity index (χ3v) is 3.80. The highest BCUT2D eigenvalue weighted by Crippen LogP contribution is 2.20. The van der Waals surface area contributed by atoms with Crippen molar-refractivity contribution in [2.24, 2.45) is 0 Å². The molecule has 2 heterocycles. The summed E-state index contributed by atoms with van der Waals surface area (Å²) in [5.74, 6) is 0.574. The van der Waals surface area contributed by atoms with Crippen molar-refractivity contribution in [3.8, 4) is 0 Å². The number of aromatic amines is 1. The summed E-state index contributed by atoms with van der Waals surface area (Å²) in [5, 5.41) is 2.86. The fourth-order valence-corrected chi connectivity index (χ4v) is 2.73. The predicted octanol–water partition coefficient (Wildman–Crippen LogP) is 3.02. The van der Waals surface area contributed by atoms with Crippen LogP contribution in [-0.4, -0.2) is 29.8 Å². The van der Waals surface area contributed by atoms with E-state index >= 15 is 0 Å². The molecule has 0 aliphatic carbocycles. The van der Waals surface area contributed by atoms with Crippen LogP contribution in [0.2, 0.25) is 0 Å². The molecule has 0 spiro atoms. The maximum Gasteiger partial charge on any atom is 0.268 e. The average molecular weight is 332 g/mol. The van der Waals surface area contributed by atoms with Gasteiger partial charge in [0.15, 0.2) is 5.78 Å². The number of aromatic nitrogens is 1. The van der Waals surface area contributed by atoms with Crippen molar-refractivity contribution in [3.05, 3.63) is 46.7 Å². The molecule has 24 heavy (non-hydrogen) atoms. The Morgan fingerprint density at radius 1 is 1.38 bits per heavy atom. The number of H-pyrrole nitrogens is 1. The standard InChI is InChI=1S/C18H24N2O4/c1-4-15-16(13(3)21)12(2)20-17(15)18(22)19-8-6-9-23-11-14-7-5-10-24-14/h5,7,10,20H,4,6,8-9,11H2,1-3H3,(H,19,22). The third-order valence-electron chi connectivity index (χ3n) is 3.80. The molecule has 0 aliphatic rings. The molecule has 0 unspecified atom stereocenters. The van der Waals surface area contributed by atoms with Crippen LogP contribution in [-0.2, 0) is 17.8 Å². The zero-order valence-electron chi connectivity index (χ0n) is 14.4. The van der Waals surface area contributed by atoms with Crippen LogP contribution in [0.25, 0.3) is 0 Å². The molecule has 6 nitrogen and oxygen atoms in total. The van der Waals surface area contributed by atoms with E-state index in [9.17, 15) is 9.59 Å². The molecule has 2 rings (SSSR count). The fraction of sp³-hybridized carbons (Fsp3) is 0.444. The predicted molar refractivity (Wildman–Crippen MR) is 90.2 cm³/mol. The van der Waals surface area contributed by atoms with Gasteiger partial charge in [0.25, 0.3) is 5.91 Å². The van der Waals surface area contributed by atoms with Gasteiger partial charge in [-0.2, -0.15) is 0 Å². The average Bonchev–Trinajstić information content (AvgIpc) is 3.17. The minimum Gasteiger partial charge on any atom is -0.467 e. The van der Waals surface area contributed by atoms with Gasteiger partial charge in [-0.05, 0) is 44.4 Å². The highest BCUT2D eigenvalue weighted by Gasteiger charge is 2.21. The SMILES string of the molecule is CCc1c(C(=O)NCCCOCc2ccco2)[nH]c(C)c1C(C)=O. The smallest absolute Gasteiger partial charge is 0.268 e. The normalized spacial score (nSPS) is 10.8. The lowest BCUT2D eigenvalue weighted by atomic mass is 10.0. The van der Waals surface area contributed by atoms with Gasteiger partial charge in [0.2, 0.25) is 0 Å². The van der Waals surface area contributed by atoms with Crippen LogP contribution in [0.15, 0.2) is 22.8 Å². The Kier molecular flexibility index (Phi) is 6.37. The number of amides is 1. The van der Waals surface area contributed by atoms with E-state index in [1.165, 1.54) is 6.92 Å². The summed E-state index contributed by atoms with van der Waals surface area (Å²) in [5.41, 5.74) is 2.64. The summed E-state index contributed by atoms with van der Waals surface area (Å²) in [6, 6.07) is 3.67. The van der Waals surface area contributed by atoms with E-state index in [-0.39, 0.29) is 11.7 Å². The van der Waals surface area contributed by atoms with E-state index in [1.807, 2.05) is 26.0 Å². The van der Waals surface area contributed by atoms with Crippen LogP contribution in [0.5, 0.6) is 0 Å². The molecule has 0 aliphatic heterocycles. The van der Waals surface area contributed by atoms with E-state index in [2.05, 4.69) is 10.3 Å². The topological polar surface area (TPSA) is 84.3 Å². The third kappa shape index (κ3) is 4.35. The van der Waals surface area contributed by atoms with Gasteiger partial charge in [-0.15, -0.1) is 0 Å². The number of furan rings is 1. The monoisotopic (exact) mass is 332 g/mol. The molecule has 6 heteroatoms. The molecule has 130 valence electrons. The minimum atomic E-state index is -0.187. The first-order valence-corrected chi connectivity index (χ1v) is 8.15. The van der Waals surface area contributed by atoms with Crippen molar-refractivity contribution in [2.45, 2.75) is 40.2 Å². The van der Waals surface area contributed by atoms with Crippen LogP contribution in [0.3, 0.4) is 0 Å². The Hall–Kier alpha value is -2.34. The number of aryl methyl sites for hydroxylation is 1. The van der Waals surface area contributed by atoms with Crippen molar-refractivity contribution < 1.29 is 18.7 Å². The number of ether oxygens (including phenoxy) is 1. The fourth-order valence-electron chi connectivity index (χ4n) is 2.73. The van der Waals surface area contributed by atoms with Gasteiger partial charge in [0.05, 0.1) is 6.26 Å². The summed E-state index contributed by atoms with van der Waals surface area (Å²) in [6.07, 6.45) is 2.94. The summed E-state index contributed by atoms with van der Waals surface area (Å²) in [6.45, 7) is 6.74. The van der Waals surface area contributed by atoms with Gasteiger partial charge in [-0.3, -0.25) is 9.59 Å². The molecule has 0 radical (unpaired) electrons. The second-order valence-electron chi connectivity index (χ2n) is 5.63. The van der Waals surface area contributed by atoms with Crippen molar-refractivity contribution in [3.63, 3.8) is 0 Å².